The summed E-state index contributed by atoms with van der Waals surface area (Å²) in [5.41, 5.74) is 7.71. The van der Waals surface area contributed by atoms with Crippen molar-refractivity contribution in [3.63, 3.8) is 0 Å². The van der Waals surface area contributed by atoms with Gasteiger partial charge < -0.3 is 11.1 Å². The SMILES string of the molecule is NCC(NC(=O)Cc1ccc(-n2cnnn2)cc1)C1CCCCC1. The van der Waals surface area contributed by atoms with Crippen molar-refractivity contribution in [2.75, 3.05) is 6.54 Å². The van der Waals surface area contributed by atoms with Gasteiger partial charge in [-0.05, 0) is 46.9 Å². The van der Waals surface area contributed by atoms with Crippen LogP contribution in [0, 0.1) is 5.92 Å². The van der Waals surface area contributed by atoms with Crippen LogP contribution in [0.5, 0.6) is 0 Å². The van der Waals surface area contributed by atoms with Gasteiger partial charge in [-0.2, -0.15) is 0 Å². The topological polar surface area (TPSA) is 98.7 Å². The van der Waals surface area contributed by atoms with Gasteiger partial charge in [-0.3, -0.25) is 4.79 Å². The number of nitrogens with one attached hydrogen (secondary N) is 1. The molecule has 1 heterocycles. The predicted molar refractivity (Wildman–Crippen MR) is 90.4 cm³/mol. The molecule has 1 saturated carbocycles. The highest BCUT2D eigenvalue weighted by atomic mass is 16.1. The molecule has 1 aliphatic carbocycles. The normalized spacial score (nSPS) is 16.7. The van der Waals surface area contributed by atoms with Crippen LogP contribution in [0.1, 0.15) is 37.7 Å². The van der Waals surface area contributed by atoms with Crippen molar-refractivity contribution in [3.05, 3.63) is 36.2 Å². The first-order valence-electron chi connectivity index (χ1n) is 8.58. The molecule has 0 radical (unpaired) electrons. The second-order valence-corrected chi connectivity index (χ2v) is 6.41. The van der Waals surface area contributed by atoms with Gasteiger partial charge in [0.05, 0.1) is 12.1 Å². The van der Waals surface area contributed by atoms with Crippen LogP contribution in [0.4, 0.5) is 0 Å². The minimum absolute atomic E-state index is 0.0335. The first-order valence-corrected chi connectivity index (χ1v) is 8.58. The van der Waals surface area contributed by atoms with Crippen LogP contribution in [0.3, 0.4) is 0 Å². The lowest BCUT2D eigenvalue weighted by Gasteiger charge is -2.30. The smallest absolute Gasteiger partial charge is 0.224 e. The first-order chi connectivity index (χ1) is 11.8. The lowest BCUT2D eigenvalue weighted by Crippen LogP contribution is -2.46. The second-order valence-electron chi connectivity index (χ2n) is 6.41. The van der Waals surface area contributed by atoms with Gasteiger partial charge >= 0.3 is 0 Å². The highest BCUT2D eigenvalue weighted by Crippen LogP contribution is 2.26. The molecule has 1 fully saturated rings. The van der Waals surface area contributed by atoms with Crippen molar-refractivity contribution < 1.29 is 4.79 Å². The summed E-state index contributed by atoms with van der Waals surface area (Å²) < 4.78 is 1.58. The van der Waals surface area contributed by atoms with E-state index in [9.17, 15) is 4.79 Å². The molecule has 2 aromatic rings. The number of rotatable bonds is 6. The fourth-order valence-corrected chi connectivity index (χ4v) is 3.40. The number of nitrogens with two attached hydrogens (primary N) is 1. The molecule has 7 heteroatoms. The number of aromatic nitrogens is 4. The Balaban J connectivity index is 1.55. The van der Waals surface area contributed by atoms with Crippen molar-refractivity contribution in [1.29, 1.82) is 0 Å². The quantitative estimate of drug-likeness (QED) is 0.831. The zero-order valence-electron chi connectivity index (χ0n) is 13.8. The summed E-state index contributed by atoms with van der Waals surface area (Å²) in [6, 6.07) is 7.75. The summed E-state index contributed by atoms with van der Waals surface area (Å²) in [5, 5.41) is 14.2. The van der Waals surface area contributed by atoms with Gasteiger partial charge in [0.15, 0.2) is 0 Å². The average molecular weight is 328 g/mol. The van der Waals surface area contributed by atoms with Crippen molar-refractivity contribution in [3.8, 4) is 5.69 Å². The number of nitrogens with zero attached hydrogens (tertiary/aromatic N) is 4. The molecule has 0 saturated heterocycles. The van der Waals surface area contributed by atoms with Crippen molar-refractivity contribution in [2.24, 2.45) is 11.7 Å². The highest BCUT2D eigenvalue weighted by Gasteiger charge is 2.23. The highest BCUT2D eigenvalue weighted by molar-refractivity contribution is 5.79. The fourth-order valence-electron chi connectivity index (χ4n) is 3.40. The zero-order chi connectivity index (χ0) is 16.8. The van der Waals surface area contributed by atoms with Crippen LogP contribution >= 0.6 is 0 Å². The number of hydrogen-bond donors (Lipinski definition) is 2. The van der Waals surface area contributed by atoms with E-state index in [-0.39, 0.29) is 11.9 Å². The van der Waals surface area contributed by atoms with Crippen LogP contribution in [0.15, 0.2) is 30.6 Å². The van der Waals surface area contributed by atoms with Gasteiger partial charge in [-0.15, -0.1) is 5.10 Å². The molecule has 1 aromatic carbocycles. The van der Waals surface area contributed by atoms with E-state index in [4.69, 9.17) is 5.73 Å². The summed E-state index contributed by atoms with van der Waals surface area (Å²) in [5.74, 6) is 0.557. The van der Waals surface area contributed by atoms with Gasteiger partial charge in [-0.25, -0.2) is 4.68 Å². The van der Waals surface area contributed by atoms with E-state index in [1.807, 2.05) is 24.3 Å². The number of hydrogen-bond acceptors (Lipinski definition) is 5. The number of carbonyl (C=O) groups excluding carboxylic acids is 1. The monoisotopic (exact) mass is 328 g/mol. The molecular weight excluding hydrogens is 304 g/mol. The van der Waals surface area contributed by atoms with Gasteiger partial charge in [0.25, 0.3) is 0 Å². The lowest BCUT2D eigenvalue weighted by molar-refractivity contribution is -0.121. The third kappa shape index (κ3) is 4.17. The molecule has 128 valence electrons. The third-order valence-electron chi connectivity index (χ3n) is 4.73. The summed E-state index contributed by atoms with van der Waals surface area (Å²) >= 11 is 0. The minimum atomic E-state index is 0.0335. The summed E-state index contributed by atoms with van der Waals surface area (Å²) in [4.78, 5) is 12.3. The van der Waals surface area contributed by atoms with Gasteiger partial charge in [0, 0.05) is 12.6 Å². The van der Waals surface area contributed by atoms with Crippen LogP contribution in [0.2, 0.25) is 0 Å². The molecule has 3 rings (SSSR count). The molecule has 3 N–H and O–H groups in total. The van der Waals surface area contributed by atoms with Gasteiger partial charge in [-0.1, -0.05) is 31.4 Å². The van der Waals surface area contributed by atoms with Crippen LogP contribution < -0.4 is 11.1 Å². The molecule has 1 aliphatic rings. The van der Waals surface area contributed by atoms with E-state index in [0.29, 0.717) is 18.9 Å². The number of benzene rings is 1. The van der Waals surface area contributed by atoms with Crippen LogP contribution in [0.25, 0.3) is 5.69 Å². The molecule has 24 heavy (non-hydrogen) atoms. The lowest BCUT2D eigenvalue weighted by atomic mass is 9.84. The fraction of sp³-hybridized carbons (Fsp3) is 0.529. The first kappa shape index (κ1) is 16.6. The molecule has 1 aromatic heterocycles. The Kier molecular flexibility index (Phi) is 5.53. The number of carbonyl (C=O) groups is 1. The van der Waals surface area contributed by atoms with E-state index in [0.717, 1.165) is 11.3 Å². The van der Waals surface area contributed by atoms with E-state index in [2.05, 4.69) is 20.8 Å². The number of amides is 1. The largest absolute Gasteiger partial charge is 0.352 e. The van der Waals surface area contributed by atoms with E-state index < -0.39 is 0 Å². The van der Waals surface area contributed by atoms with Crippen LogP contribution in [-0.2, 0) is 11.2 Å². The predicted octanol–water partition coefficient (Wildman–Crippen LogP) is 1.23. The maximum atomic E-state index is 12.3. The molecule has 1 unspecified atom stereocenters. The average Bonchev–Trinajstić information content (AvgIpc) is 3.16. The Bertz CT molecular complexity index is 634. The molecule has 1 amide bonds. The van der Waals surface area contributed by atoms with Gasteiger partial charge in [0.1, 0.15) is 6.33 Å². The molecule has 7 nitrogen and oxygen atoms in total. The Morgan fingerprint density at radius 2 is 2.00 bits per heavy atom. The molecule has 0 spiro atoms. The van der Waals surface area contributed by atoms with E-state index >= 15 is 0 Å². The Morgan fingerprint density at radius 1 is 1.25 bits per heavy atom. The summed E-state index contributed by atoms with van der Waals surface area (Å²) in [6.07, 6.45) is 8.03. The summed E-state index contributed by atoms with van der Waals surface area (Å²) in [6.45, 7) is 0.509. The van der Waals surface area contributed by atoms with Crippen molar-refractivity contribution >= 4 is 5.91 Å². The van der Waals surface area contributed by atoms with Crippen molar-refractivity contribution in [2.45, 2.75) is 44.6 Å². The van der Waals surface area contributed by atoms with E-state index in [1.54, 1.807) is 4.68 Å². The molecular formula is C17H24N6O. The maximum absolute atomic E-state index is 12.3. The molecule has 0 bridgehead atoms. The second kappa shape index (κ2) is 8.01. The standard InChI is InChI=1S/C17H24N6O/c18-11-16(14-4-2-1-3-5-14)20-17(24)10-13-6-8-15(9-7-13)23-12-19-21-22-23/h6-9,12,14,16H,1-5,10-11,18H2,(H,20,24). The van der Waals surface area contributed by atoms with E-state index in [1.165, 1.54) is 38.4 Å². The maximum Gasteiger partial charge on any atom is 0.224 e. The Labute approximate surface area is 141 Å². The summed E-state index contributed by atoms with van der Waals surface area (Å²) in [7, 11) is 0. The Hall–Kier alpha value is -2.28. The minimum Gasteiger partial charge on any atom is -0.352 e. The Morgan fingerprint density at radius 3 is 2.62 bits per heavy atom. The van der Waals surface area contributed by atoms with Gasteiger partial charge in [0.2, 0.25) is 5.91 Å². The zero-order valence-corrected chi connectivity index (χ0v) is 13.8. The van der Waals surface area contributed by atoms with Crippen LogP contribution in [-0.4, -0.2) is 38.7 Å². The molecule has 0 aliphatic heterocycles. The molecule has 1 atom stereocenters. The third-order valence-corrected chi connectivity index (χ3v) is 4.73. The van der Waals surface area contributed by atoms with Crippen molar-refractivity contribution in [1.82, 2.24) is 25.5 Å². The number of tetrazole rings is 1.